The molecule has 1 atom stereocenters. The number of rotatable bonds is 8. The molecule has 26 heavy (non-hydrogen) atoms. The topological polar surface area (TPSA) is 38.3 Å². The fraction of sp³-hybridized carbons (Fsp3) is 0.435. The van der Waals surface area contributed by atoms with Crippen LogP contribution in [-0.2, 0) is 11.2 Å². The maximum Gasteiger partial charge on any atom is 0.231 e. The van der Waals surface area contributed by atoms with E-state index in [1.165, 1.54) is 5.56 Å². The van der Waals surface area contributed by atoms with Crippen molar-refractivity contribution in [2.45, 2.75) is 47.0 Å². The van der Waals surface area contributed by atoms with Crippen molar-refractivity contribution in [2.24, 2.45) is 11.8 Å². The fourth-order valence-electron chi connectivity index (χ4n) is 2.76. The van der Waals surface area contributed by atoms with Crippen LogP contribution >= 0.6 is 0 Å². The van der Waals surface area contributed by atoms with Gasteiger partial charge in [-0.25, -0.2) is 0 Å². The molecule has 2 aromatic carbocycles. The number of nitrogens with one attached hydrogen (secondary N) is 1. The van der Waals surface area contributed by atoms with E-state index in [4.69, 9.17) is 4.74 Å². The van der Waals surface area contributed by atoms with Crippen molar-refractivity contribution < 1.29 is 9.53 Å². The third-order valence-corrected chi connectivity index (χ3v) is 4.23. The van der Waals surface area contributed by atoms with Crippen molar-refractivity contribution in [3.8, 4) is 5.75 Å². The van der Waals surface area contributed by atoms with Crippen molar-refractivity contribution in [2.75, 3.05) is 11.9 Å². The number of carbonyl (C=O) groups excluding carboxylic acids is 1. The van der Waals surface area contributed by atoms with E-state index in [-0.39, 0.29) is 11.8 Å². The summed E-state index contributed by atoms with van der Waals surface area (Å²) < 4.78 is 5.82. The smallest absolute Gasteiger partial charge is 0.231 e. The van der Waals surface area contributed by atoms with E-state index in [9.17, 15) is 4.79 Å². The lowest BCUT2D eigenvalue weighted by atomic mass is 9.96. The Labute approximate surface area is 157 Å². The van der Waals surface area contributed by atoms with E-state index in [2.05, 4.69) is 57.3 Å². The van der Waals surface area contributed by atoms with Gasteiger partial charge in [0, 0.05) is 0 Å². The number of ether oxygens (including phenoxy) is 1. The maximum atomic E-state index is 12.7. The molecule has 1 unspecified atom stereocenters. The van der Waals surface area contributed by atoms with Crippen LogP contribution in [0, 0.1) is 11.8 Å². The van der Waals surface area contributed by atoms with Crippen LogP contribution in [0.15, 0.2) is 48.5 Å². The molecule has 140 valence electrons. The molecule has 3 heteroatoms. The van der Waals surface area contributed by atoms with Crippen molar-refractivity contribution in [3.05, 3.63) is 59.7 Å². The fourth-order valence-corrected chi connectivity index (χ4v) is 2.76. The first-order valence-corrected chi connectivity index (χ1v) is 9.48. The zero-order valence-electron chi connectivity index (χ0n) is 16.6. The monoisotopic (exact) mass is 353 g/mol. The quantitative estimate of drug-likeness (QED) is 0.665. The predicted octanol–water partition coefficient (Wildman–Crippen LogP) is 5.66. The summed E-state index contributed by atoms with van der Waals surface area (Å²) in [7, 11) is 0. The number of amides is 1. The molecule has 2 rings (SSSR count). The van der Waals surface area contributed by atoms with Crippen LogP contribution in [0.5, 0.6) is 5.75 Å². The molecule has 0 radical (unpaired) electrons. The molecule has 0 spiro atoms. The summed E-state index contributed by atoms with van der Waals surface area (Å²) in [6.45, 7) is 11.2. The van der Waals surface area contributed by atoms with E-state index in [0.717, 1.165) is 17.7 Å². The minimum Gasteiger partial charge on any atom is -0.491 e. The molecular formula is C23H31NO2. The predicted molar refractivity (Wildman–Crippen MR) is 109 cm³/mol. The zero-order chi connectivity index (χ0) is 19.1. The second-order valence-corrected chi connectivity index (χ2v) is 7.75. The number of hydrogen-bond donors (Lipinski definition) is 1. The van der Waals surface area contributed by atoms with Gasteiger partial charge in [0.1, 0.15) is 5.75 Å². The van der Waals surface area contributed by atoms with Gasteiger partial charge in [-0.05, 0) is 48.4 Å². The lowest BCUT2D eigenvalue weighted by molar-refractivity contribution is -0.117. The molecule has 2 aromatic rings. The summed E-state index contributed by atoms with van der Waals surface area (Å²) in [6, 6.07) is 16.0. The Kier molecular flexibility index (Phi) is 7.26. The van der Waals surface area contributed by atoms with Crippen LogP contribution in [0.1, 0.15) is 51.7 Å². The van der Waals surface area contributed by atoms with Gasteiger partial charge in [0.05, 0.1) is 18.2 Å². The lowest BCUT2D eigenvalue weighted by Gasteiger charge is -2.17. The van der Waals surface area contributed by atoms with Crippen molar-refractivity contribution in [1.82, 2.24) is 0 Å². The Morgan fingerprint density at radius 3 is 2.19 bits per heavy atom. The normalized spacial score (nSPS) is 12.3. The molecule has 0 heterocycles. The van der Waals surface area contributed by atoms with Gasteiger partial charge in [-0.15, -0.1) is 0 Å². The van der Waals surface area contributed by atoms with Gasteiger partial charge in [-0.2, -0.15) is 0 Å². The average molecular weight is 354 g/mol. The molecule has 0 aromatic heterocycles. The minimum atomic E-state index is -0.221. The van der Waals surface area contributed by atoms with Crippen molar-refractivity contribution in [3.63, 3.8) is 0 Å². The number of anilines is 1. The minimum absolute atomic E-state index is 0.0257. The van der Waals surface area contributed by atoms with E-state index in [1.807, 2.05) is 31.2 Å². The summed E-state index contributed by atoms with van der Waals surface area (Å²) in [5, 5.41) is 3.02. The summed E-state index contributed by atoms with van der Waals surface area (Å²) in [5.41, 5.74) is 3.06. The van der Waals surface area contributed by atoms with Gasteiger partial charge >= 0.3 is 0 Å². The van der Waals surface area contributed by atoms with Gasteiger partial charge in [0.15, 0.2) is 0 Å². The first kappa shape index (κ1) is 20.0. The third kappa shape index (κ3) is 5.91. The molecular weight excluding hydrogens is 322 g/mol. The van der Waals surface area contributed by atoms with Crippen LogP contribution in [0.3, 0.4) is 0 Å². The molecule has 0 aliphatic carbocycles. The van der Waals surface area contributed by atoms with E-state index in [1.54, 1.807) is 0 Å². The number of para-hydroxylation sites is 2. The average Bonchev–Trinajstić information content (AvgIpc) is 2.60. The molecule has 0 fully saturated rings. The molecule has 0 aliphatic heterocycles. The number of carbonyl (C=O) groups is 1. The van der Waals surface area contributed by atoms with Crippen LogP contribution < -0.4 is 10.1 Å². The highest BCUT2D eigenvalue weighted by Gasteiger charge is 2.17. The second-order valence-electron chi connectivity index (χ2n) is 7.75. The van der Waals surface area contributed by atoms with Crippen molar-refractivity contribution in [1.29, 1.82) is 0 Å². The highest BCUT2D eigenvalue weighted by atomic mass is 16.5. The van der Waals surface area contributed by atoms with Crippen LogP contribution in [-0.4, -0.2) is 12.5 Å². The van der Waals surface area contributed by atoms with Crippen LogP contribution in [0.2, 0.25) is 0 Å². The Morgan fingerprint density at radius 2 is 1.58 bits per heavy atom. The Morgan fingerprint density at radius 1 is 0.923 bits per heavy atom. The first-order chi connectivity index (χ1) is 12.4. The zero-order valence-corrected chi connectivity index (χ0v) is 16.6. The van der Waals surface area contributed by atoms with Crippen LogP contribution in [0.25, 0.3) is 0 Å². The highest BCUT2D eigenvalue weighted by molar-refractivity contribution is 5.96. The Balaban J connectivity index is 2.05. The molecule has 3 nitrogen and oxygen atoms in total. The van der Waals surface area contributed by atoms with Gasteiger partial charge in [0.25, 0.3) is 0 Å². The Bertz CT molecular complexity index is 704. The van der Waals surface area contributed by atoms with E-state index < -0.39 is 0 Å². The van der Waals surface area contributed by atoms with E-state index >= 15 is 0 Å². The van der Waals surface area contributed by atoms with Gasteiger partial charge in [0.2, 0.25) is 5.91 Å². The molecule has 0 aliphatic rings. The van der Waals surface area contributed by atoms with E-state index in [0.29, 0.717) is 24.2 Å². The summed E-state index contributed by atoms with van der Waals surface area (Å²) in [6.07, 6.45) is 1.06. The van der Waals surface area contributed by atoms with Crippen molar-refractivity contribution >= 4 is 11.6 Å². The molecule has 1 amide bonds. The molecule has 0 bridgehead atoms. The van der Waals surface area contributed by atoms with Crippen LogP contribution in [0.4, 0.5) is 5.69 Å². The SMILES string of the molecule is CC(C)COc1ccccc1NC(=O)C(C)c1ccc(CC(C)C)cc1. The molecule has 0 saturated heterocycles. The largest absolute Gasteiger partial charge is 0.491 e. The lowest BCUT2D eigenvalue weighted by Crippen LogP contribution is -2.19. The Hall–Kier alpha value is -2.29. The second kappa shape index (κ2) is 9.42. The number of benzene rings is 2. The standard InChI is InChI=1S/C23H31NO2/c1-16(2)14-19-10-12-20(13-11-19)18(5)23(25)24-21-8-6-7-9-22(21)26-15-17(3)4/h6-13,16-18H,14-15H2,1-5H3,(H,24,25). The third-order valence-electron chi connectivity index (χ3n) is 4.23. The van der Waals surface area contributed by atoms with Gasteiger partial charge in [-0.1, -0.05) is 64.1 Å². The van der Waals surface area contributed by atoms with Gasteiger partial charge in [-0.3, -0.25) is 4.79 Å². The number of hydrogen-bond acceptors (Lipinski definition) is 2. The summed E-state index contributed by atoms with van der Waals surface area (Å²) in [5.74, 6) is 1.53. The first-order valence-electron chi connectivity index (χ1n) is 9.48. The van der Waals surface area contributed by atoms with Gasteiger partial charge < -0.3 is 10.1 Å². The highest BCUT2D eigenvalue weighted by Crippen LogP contribution is 2.26. The maximum absolute atomic E-state index is 12.7. The summed E-state index contributed by atoms with van der Waals surface area (Å²) >= 11 is 0. The molecule has 0 saturated carbocycles. The summed E-state index contributed by atoms with van der Waals surface area (Å²) in [4.78, 5) is 12.7. The molecule has 1 N–H and O–H groups in total.